The number of benzene rings is 8. The first kappa shape index (κ1) is 70.9. The number of carbonyl (C=O) groups is 6. The lowest BCUT2D eigenvalue weighted by molar-refractivity contribution is -0.128. The Labute approximate surface area is 646 Å². The minimum absolute atomic E-state index is 0.212. The summed E-state index contributed by atoms with van der Waals surface area (Å²) >= 11 is 6.25. The molecule has 0 atom stereocenters. The molecule has 0 saturated carbocycles. The number of Topliss-reactive ketones (excluding diaryl/α,β-unsaturated/α-hetero) is 3. The molecule has 0 unspecified atom stereocenters. The van der Waals surface area contributed by atoms with Gasteiger partial charge in [-0.15, -0.1) is 0 Å². The predicted octanol–water partition coefficient (Wildman–Crippen LogP) is 13.3. The number of fused-ring (bicyclic) bond motifs is 9. The molecule has 112 heavy (non-hydrogen) atoms. The number of aromatic nitrogens is 7. The smallest absolute Gasteiger partial charge is 0.295 e. The van der Waals surface area contributed by atoms with Crippen LogP contribution in [-0.4, -0.2) is 202 Å². The molecule has 3 amide bonds. The minimum Gasteiger partial charge on any atom is -0.494 e. The van der Waals surface area contributed by atoms with Crippen molar-refractivity contribution in [2.24, 2.45) is 15.0 Å². The van der Waals surface area contributed by atoms with Gasteiger partial charge in [-0.1, -0.05) is 108 Å². The first-order valence-electron chi connectivity index (χ1n) is 36.6. The van der Waals surface area contributed by atoms with Crippen molar-refractivity contribution in [3.63, 3.8) is 0 Å². The van der Waals surface area contributed by atoms with Gasteiger partial charge >= 0.3 is 0 Å². The molecule has 6 aliphatic rings. The number of ketones is 3. The van der Waals surface area contributed by atoms with Gasteiger partial charge in [0.05, 0.1) is 63.4 Å². The van der Waals surface area contributed by atoms with Crippen LogP contribution in [0.1, 0.15) is 58.9 Å². The number of hydrogen-bond donors (Lipinski definition) is 4. The zero-order chi connectivity index (χ0) is 76.7. The Morgan fingerprint density at radius 3 is 1.44 bits per heavy atom. The van der Waals surface area contributed by atoms with Crippen LogP contribution in [0, 0.1) is 13.8 Å². The molecule has 11 heterocycles. The quantitative estimate of drug-likeness (QED) is 0.0812. The van der Waals surface area contributed by atoms with Crippen LogP contribution in [0.2, 0.25) is 5.02 Å². The fourth-order valence-electron chi connectivity index (χ4n) is 14.8. The van der Waals surface area contributed by atoms with Gasteiger partial charge in [0.15, 0.2) is 17.3 Å². The predicted molar refractivity (Wildman–Crippen MR) is 427 cm³/mol. The number of nitrogens with one attached hydrogen (secondary N) is 4. The van der Waals surface area contributed by atoms with Crippen LogP contribution >= 0.6 is 11.6 Å². The number of amidine groups is 3. The highest BCUT2D eigenvalue weighted by molar-refractivity contribution is 6.46. The molecule has 3 saturated heterocycles. The molecule has 4 N–H and O–H groups in total. The van der Waals surface area contributed by atoms with Crippen molar-refractivity contribution in [3.8, 4) is 34.6 Å². The summed E-state index contributed by atoms with van der Waals surface area (Å²) in [6.07, 6.45) is 9.16. The van der Waals surface area contributed by atoms with Gasteiger partial charge < -0.3 is 63.9 Å². The molecule has 3 fully saturated rings. The molecule has 19 rings (SSSR count). The molecule has 5 aromatic heterocycles. The largest absolute Gasteiger partial charge is 0.494 e. The van der Waals surface area contributed by atoms with Crippen LogP contribution in [0.5, 0.6) is 28.7 Å². The number of ether oxygens (including phenoxy) is 3. The molecule has 8 aromatic carbocycles. The van der Waals surface area contributed by atoms with E-state index in [1.165, 1.54) is 36.8 Å². The summed E-state index contributed by atoms with van der Waals surface area (Å²) < 4.78 is 19.4. The van der Waals surface area contributed by atoms with Gasteiger partial charge in [0.1, 0.15) is 58.8 Å². The molecule has 13 aromatic rings. The number of anilines is 2. The summed E-state index contributed by atoms with van der Waals surface area (Å²) in [5.74, 6) is 3.01. The van der Waals surface area contributed by atoms with Crippen LogP contribution in [0.3, 0.4) is 0 Å². The van der Waals surface area contributed by atoms with E-state index in [0.29, 0.717) is 129 Å². The number of nitrogens with zero attached hydrogens (tertiary/aromatic N) is 13. The Morgan fingerprint density at radius 1 is 0.455 bits per heavy atom. The average molecular weight is 1510 g/mol. The van der Waals surface area contributed by atoms with Crippen molar-refractivity contribution < 1.29 is 43.0 Å². The minimum atomic E-state index is -0.626. The highest BCUT2D eigenvalue weighted by Crippen LogP contribution is 2.42. The second-order valence-electron chi connectivity index (χ2n) is 27.5. The number of piperazine rings is 3. The first-order valence-corrected chi connectivity index (χ1v) is 37.0. The summed E-state index contributed by atoms with van der Waals surface area (Å²) in [6, 6.07) is 56.2. The van der Waals surface area contributed by atoms with Gasteiger partial charge in [0, 0.05) is 135 Å². The Balaban J connectivity index is 0.000000123. The van der Waals surface area contributed by atoms with E-state index in [4.69, 9.17) is 40.8 Å². The van der Waals surface area contributed by atoms with Crippen molar-refractivity contribution in [2.45, 2.75) is 13.8 Å². The van der Waals surface area contributed by atoms with Crippen LogP contribution in [0.4, 0.5) is 28.4 Å². The summed E-state index contributed by atoms with van der Waals surface area (Å²) in [5.41, 5.74) is 12.4. The third kappa shape index (κ3) is 13.7. The van der Waals surface area contributed by atoms with Crippen molar-refractivity contribution in [1.29, 1.82) is 0 Å². The molecular weight excluding hydrogens is 1440 g/mol. The maximum atomic E-state index is 13.6. The van der Waals surface area contributed by atoms with Crippen molar-refractivity contribution in [2.75, 3.05) is 91.0 Å². The topological polar surface area (TPSA) is 290 Å². The molecule has 0 bridgehead atoms. The van der Waals surface area contributed by atoms with E-state index in [2.05, 4.69) is 62.2 Å². The number of amides is 3. The third-order valence-electron chi connectivity index (χ3n) is 20.6. The molecule has 27 heteroatoms. The molecular formula is C85H72ClN17O9. The van der Waals surface area contributed by atoms with E-state index in [1.54, 1.807) is 27.1 Å². The maximum Gasteiger partial charge on any atom is 0.295 e. The SMILES string of the molecule is COc1cnc(-n2cncn2)c2[nH]cc(C(=O)C(=O)N3CCN(C4=Nc5ccccc5Oc5ccc(C)cc54)CC3)c12.Cc1ccc2c(c1)C(N1CCN(C(=O)C(=O)c3c[nH]c4ccccc34)CC1)=Nc1ccccc1O2.O=C(C(=O)N1CCN(C2=Nc3cc(Cl)ccc3Nc3ccccc32)CC1)c1c[nH]c2ccccc12. The van der Waals surface area contributed by atoms with Gasteiger partial charge in [-0.2, -0.15) is 5.10 Å². The fourth-order valence-corrected chi connectivity index (χ4v) is 15.0. The standard InChI is InChI=1S/C30H26N8O4.C28H24N4O3.C27H22ClN5O2/c1-18-7-8-22-19(13-18)28(35-21-5-3-4-6-23(21)42-22)36-9-11-37(12-10-36)30(40)27(39)20-14-32-26-25(20)24(41-2)15-33-29(26)38-17-31-16-34-38;1-18-10-11-24-20(16-18)27(30-23-8-4-5-9-25(23)35-24)31-12-14-32(15-13-31)28(34)26(33)21-17-29-22-7-3-2-6-19(21)22;28-17-9-10-23-24(15-17)31-26(19-6-2-4-8-22(19)30-23)32-11-13-33(14-12-32)27(35)25(34)20-16-29-21-7-3-1-5-18(20)21/h3-8,13-17,32H,9-12H2,1-2H3;2-11,16-17,29H,12-15H2,1H3;1-10,15-16,29-30H,11-14H2. The first-order chi connectivity index (χ1) is 54.7. The lowest BCUT2D eigenvalue weighted by Gasteiger charge is -2.36. The van der Waals surface area contributed by atoms with Gasteiger partial charge in [-0.3, -0.25) is 28.8 Å². The molecule has 0 radical (unpaired) electrons. The number of pyridine rings is 1. The maximum absolute atomic E-state index is 13.6. The lowest BCUT2D eigenvalue weighted by atomic mass is 10.1. The number of H-pyrrole nitrogens is 3. The zero-order valence-corrected chi connectivity index (χ0v) is 61.8. The molecule has 26 nitrogen and oxygen atoms in total. The number of aromatic amines is 3. The molecule has 0 aliphatic carbocycles. The van der Waals surface area contributed by atoms with Crippen LogP contribution in [0.25, 0.3) is 38.5 Å². The number of methoxy groups -OCH3 is 1. The number of para-hydroxylation sites is 7. The van der Waals surface area contributed by atoms with Gasteiger partial charge in [0.2, 0.25) is 0 Å². The molecule has 0 spiro atoms. The molecule has 6 aliphatic heterocycles. The average Bonchev–Trinajstić information content (AvgIpc) is 1.59. The van der Waals surface area contributed by atoms with Crippen molar-refractivity contribution in [3.05, 3.63) is 263 Å². The van der Waals surface area contributed by atoms with Crippen LogP contribution in [0.15, 0.2) is 228 Å². The number of hydrogen-bond acceptors (Lipinski definition) is 19. The second-order valence-corrected chi connectivity index (χ2v) is 28.0. The summed E-state index contributed by atoms with van der Waals surface area (Å²) in [6.45, 7) is 9.83. The highest BCUT2D eigenvalue weighted by atomic mass is 35.5. The number of halogens is 1. The zero-order valence-electron chi connectivity index (χ0n) is 61.1. The van der Waals surface area contributed by atoms with Crippen LogP contribution < -0.4 is 19.5 Å². The monoisotopic (exact) mass is 1510 g/mol. The highest BCUT2D eigenvalue weighted by Gasteiger charge is 2.36. The number of carbonyl (C=O) groups excluding carboxylic acids is 6. The Morgan fingerprint density at radius 2 is 0.920 bits per heavy atom. The van der Waals surface area contributed by atoms with Gasteiger partial charge in [-0.05, 0) is 105 Å². The second kappa shape index (κ2) is 30.2. The lowest BCUT2D eigenvalue weighted by Crippen LogP contribution is -2.52. The van der Waals surface area contributed by atoms with E-state index >= 15 is 0 Å². The van der Waals surface area contributed by atoms with Crippen molar-refractivity contribution >= 4 is 125 Å². The summed E-state index contributed by atoms with van der Waals surface area (Å²) in [5, 5.41) is 10.2. The van der Waals surface area contributed by atoms with Gasteiger partial charge in [0.25, 0.3) is 35.1 Å². The third-order valence-corrected chi connectivity index (χ3v) is 20.8. The Kier molecular flexibility index (Phi) is 19.1. The molecule has 558 valence electrons. The van der Waals surface area contributed by atoms with E-state index in [9.17, 15) is 28.8 Å². The fraction of sp³-hybridized carbons (Fsp3) is 0.176. The van der Waals surface area contributed by atoms with E-state index in [1.807, 2.05) is 178 Å². The van der Waals surface area contributed by atoms with E-state index in [0.717, 1.165) is 107 Å². The summed E-state index contributed by atoms with van der Waals surface area (Å²) in [4.78, 5) is 123. The van der Waals surface area contributed by atoms with E-state index < -0.39 is 35.1 Å². The number of aliphatic imine (C=N–C) groups is 3. The van der Waals surface area contributed by atoms with Crippen LogP contribution in [-0.2, 0) is 14.4 Å². The summed E-state index contributed by atoms with van der Waals surface area (Å²) in [7, 11) is 1.49. The Hall–Kier alpha value is -14.0. The Bertz CT molecular complexity index is 6020. The van der Waals surface area contributed by atoms with E-state index in [-0.39, 0.29) is 5.56 Å². The normalized spacial score (nSPS) is 14.8. The van der Waals surface area contributed by atoms with Crippen molar-refractivity contribution in [1.82, 2.24) is 64.1 Å². The number of aryl methyl sites for hydroxylation is 2. The van der Waals surface area contributed by atoms with Gasteiger partial charge in [-0.25, -0.2) is 29.6 Å². The number of rotatable bonds is 8.